The van der Waals surface area contributed by atoms with E-state index in [1.54, 1.807) is 19.2 Å². The van der Waals surface area contributed by atoms with E-state index in [2.05, 4.69) is 11.4 Å². The van der Waals surface area contributed by atoms with Gasteiger partial charge in [0.1, 0.15) is 5.75 Å². The quantitative estimate of drug-likeness (QED) is 0.884. The van der Waals surface area contributed by atoms with Gasteiger partial charge in [0.2, 0.25) is 5.91 Å². The van der Waals surface area contributed by atoms with Crippen molar-refractivity contribution in [3.63, 3.8) is 0 Å². The van der Waals surface area contributed by atoms with Gasteiger partial charge in [-0.1, -0.05) is 35.9 Å². The fourth-order valence-electron chi connectivity index (χ4n) is 3.44. The van der Waals surface area contributed by atoms with Gasteiger partial charge in [-0.05, 0) is 43.5 Å². The number of rotatable bonds is 5. The Morgan fingerprint density at radius 3 is 2.56 bits per heavy atom. The molecule has 5 nitrogen and oxygen atoms in total. The van der Waals surface area contributed by atoms with Gasteiger partial charge in [0.05, 0.1) is 7.11 Å². The van der Waals surface area contributed by atoms with Crippen LogP contribution in [0.2, 0.25) is 0 Å². The largest absolute Gasteiger partial charge is 0.497 e. The molecular weight excluding hydrogens is 340 g/mol. The number of nitrogens with one attached hydrogen (secondary N) is 1. The Hall–Kier alpha value is -2.82. The van der Waals surface area contributed by atoms with Crippen LogP contribution in [0.4, 0.5) is 0 Å². The van der Waals surface area contributed by atoms with Crippen molar-refractivity contribution in [2.45, 2.75) is 26.3 Å². The molecule has 1 fully saturated rings. The summed E-state index contributed by atoms with van der Waals surface area (Å²) in [6.45, 7) is 3.78. The third-order valence-corrected chi connectivity index (χ3v) is 5.02. The lowest BCUT2D eigenvalue weighted by Gasteiger charge is -2.31. The predicted octanol–water partition coefficient (Wildman–Crippen LogP) is 3.17. The number of nitrogens with zero attached hydrogens (tertiary/aromatic N) is 1. The van der Waals surface area contributed by atoms with Gasteiger partial charge in [-0.15, -0.1) is 0 Å². The monoisotopic (exact) mass is 366 g/mol. The minimum absolute atomic E-state index is 0.00693. The van der Waals surface area contributed by atoms with Gasteiger partial charge >= 0.3 is 0 Å². The van der Waals surface area contributed by atoms with E-state index in [9.17, 15) is 9.59 Å². The summed E-state index contributed by atoms with van der Waals surface area (Å²) in [4.78, 5) is 26.9. The van der Waals surface area contributed by atoms with Crippen molar-refractivity contribution < 1.29 is 14.3 Å². The minimum atomic E-state index is -0.0378. The molecule has 0 atom stereocenters. The van der Waals surface area contributed by atoms with Crippen molar-refractivity contribution in [2.75, 3.05) is 20.2 Å². The molecule has 1 heterocycles. The molecule has 1 aliphatic heterocycles. The fraction of sp³-hybridized carbons (Fsp3) is 0.364. The van der Waals surface area contributed by atoms with E-state index in [1.165, 1.54) is 5.56 Å². The highest BCUT2D eigenvalue weighted by Crippen LogP contribution is 2.21. The molecule has 3 rings (SSSR count). The number of hydrogen-bond donors (Lipinski definition) is 1. The Morgan fingerprint density at radius 2 is 1.85 bits per heavy atom. The van der Waals surface area contributed by atoms with E-state index >= 15 is 0 Å². The molecule has 5 heteroatoms. The summed E-state index contributed by atoms with van der Waals surface area (Å²) in [6.07, 6.45) is 1.38. The van der Waals surface area contributed by atoms with E-state index in [0.29, 0.717) is 43.8 Å². The van der Waals surface area contributed by atoms with Crippen molar-refractivity contribution in [3.8, 4) is 5.75 Å². The zero-order chi connectivity index (χ0) is 19.2. The van der Waals surface area contributed by atoms with Gasteiger partial charge in [0, 0.05) is 31.1 Å². The van der Waals surface area contributed by atoms with E-state index in [1.807, 2.05) is 42.2 Å². The standard InChI is InChI=1S/C22H26N2O3/c1-16-5-3-6-17(13-16)15-23-21(25)18-9-11-24(12-10-18)22(26)19-7-4-8-20(14-19)27-2/h3-8,13-14,18H,9-12,15H2,1-2H3,(H,23,25). The maximum atomic E-state index is 12.7. The van der Waals surface area contributed by atoms with Crippen molar-refractivity contribution in [1.29, 1.82) is 0 Å². The number of carbonyl (C=O) groups is 2. The Balaban J connectivity index is 1.50. The van der Waals surface area contributed by atoms with Crippen LogP contribution in [-0.2, 0) is 11.3 Å². The van der Waals surface area contributed by atoms with Gasteiger partial charge in [0.25, 0.3) is 5.91 Å². The topological polar surface area (TPSA) is 58.6 Å². The molecule has 0 spiro atoms. The Bertz CT molecular complexity index is 811. The molecule has 1 aliphatic rings. The molecule has 0 saturated carbocycles. The van der Waals surface area contributed by atoms with E-state index in [4.69, 9.17) is 4.74 Å². The molecule has 0 aliphatic carbocycles. The number of amides is 2. The first-order valence-electron chi connectivity index (χ1n) is 9.33. The van der Waals surface area contributed by atoms with Gasteiger partial charge in [-0.3, -0.25) is 9.59 Å². The molecule has 0 radical (unpaired) electrons. The van der Waals surface area contributed by atoms with Crippen LogP contribution in [0, 0.1) is 12.8 Å². The van der Waals surface area contributed by atoms with Gasteiger partial charge < -0.3 is 15.0 Å². The lowest BCUT2D eigenvalue weighted by atomic mass is 9.95. The van der Waals surface area contributed by atoms with Crippen LogP contribution in [0.3, 0.4) is 0 Å². The highest BCUT2D eigenvalue weighted by atomic mass is 16.5. The molecular formula is C22H26N2O3. The summed E-state index contributed by atoms with van der Waals surface area (Å²) >= 11 is 0. The second kappa shape index (κ2) is 8.71. The first kappa shape index (κ1) is 19.0. The number of benzene rings is 2. The van der Waals surface area contributed by atoms with Crippen LogP contribution in [0.5, 0.6) is 5.75 Å². The second-order valence-corrected chi connectivity index (χ2v) is 7.01. The molecule has 2 aromatic carbocycles. The molecule has 1 saturated heterocycles. The van der Waals surface area contributed by atoms with Gasteiger partial charge in [-0.25, -0.2) is 0 Å². The predicted molar refractivity (Wildman–Crippen MR) is 105 cm³/mol. The van der Waals surface area contributed by atoms with Crippen molar-refractivity contribution in [3.05, 3.63) is 65.2 Å². The number of methoxy groups -OCH3 is 1. The second-order valence-electron chi connectivity index (χ2n) is 7.01. The normalized spacial score (nSPS) is 14.7. The van der Waals surface area contributed by atoms with Crippen molar-refractivity contribution in [1.82, 2.24) is 10.2 Å². The smallest absolute Gasteiger partial charge is 0.253 e. The first-order chi connectivity index (χ1) is 13.1. The Labute approximate surface area is 160 Å². The average Bonchev–Trinajstić information content (AvgIpc) is 2.71. The average molecular weight is 366 g/mol. The molecule has 0 unspecified atom stereocenters. The number of aryl methyl sites for hydroxylation is 1. The minimum Gasteiger partial charge on any atom is -0.497 e. The first-order valence-corrected chi connectivity index (χ1v) is 9.33. The molecule has 0 bridgehead atoms. The molecule has 142 valence electrons. The van der Waals surface area contributed by atoms with Crippen LogP contribution in [0.25, 0.3) is 0 Å². The number of hydrogen-bond acceptors (Lipinski definition) is 3. The van der Waals surface area contributed by atoms with E-state index in [0.717, 1.165) is 5.56 Å². The molecule has 27 heavy (non-hydrogen) atoms. The van der Waals surface area contributed by atoms with Gasteiger partial charge in [-0.2, -0.15) is 0 Å². The SMILES string of the molecule is COc1cccc(C(=O)N2CCC(C(=O)NCc3cccc(C)c3)CC2)c1. The third-order valence-electron chi connectivity index (χ3n) is 5.02. The van der Waals surface area contributed by atoms with E-state index in [-0.39, 0.29) is 17.7 Å². The maximum Gasteiger partial charge on any atom is 0.253 e. The summed E-state index contributed by atoms with van der Waals surface area (Å²) in [6, 6.07) is 15.3. The fourth-order valence-corrected chi connectivity index (χ4v) is 3.44. The lowest BCUT2D eigenvalue weighted by Crippen LogP contribution is -2.42. The molecule has 0 aromatic heterocycles. The molecule has 2 amide bonds. The summed E-state index contributed by atoms with van der Waals surface area (Å²) < 4.78 is 5.19. The van der Waals surface area contributed by atoms with Crippen molar-refractivity contribution >= 4 is 11.8 Å². The number of ether oxygens (including phenoxy) is 1. The van der Waals surface area contributed by atoms with Crippen LogP contribution >= 0.6 is 0 Å². The zero-order valence-electron chi connectivity index (χ0n) is 15.9. The molecule has 2 aromatic rings. The summed E-state index contributed by atoms with van der Waals surface area (Å²) in [5.41, 5.74) is 2.91. The van der Waals surface area contributed by atoms with Gasteiger partial charge in [0.15, 0.2) is 0 Å². The third kappa shape index (κ3) is 4.88. The maximum absolute atomic E-state index is 12.7. The Morgan fingerprint density at radius 1 is 1.11 bits per heavy atom. The summed E-state index contributed by atoms with van der Waals surface area (Å²) in [7, 11) is 1.59. The van der Waals surface area contributed by atoms with E-state index < -0.39 is 0 Å². The lowest BCUT2D eigenvalue weighted by molar-refractivity contribution is -0.126. The summed E-state index contributed by atoms with van der Waals surface area (Å²) in [5, 5.41) is 3.03. The Kier molecular flexibility index (Phi) is 6.12. The number of carbonyl (C=O) groups excluding carboxylic acids is 2. The number of likely N-dealkylation sites (tertiary alicyclic amines) is 1. The van der Waals surface area contributed by atoms with Crippen molar-refractivity contribution in [2.24, 2.45) is 5.92 Å². The highest BCUT2D eigenvalue weighted by molar-refractivity contribution is 5.94. The zero-order valence-corrected chi connectivity index (χ0v) is 15.9. The summed E-state index contributed by atoms with van der Waals surface area (Å²) in [5.74, 6) is 0.702. The van der Waals surface area contributed by atoms with Crippen LogP contribution in [0.1, 0.15) is 34.3 Å². The van der Waals surface area contributed by atoms with Crippen LogP contribution in [-0.4, -0.2) is 36.9 Å². The number of piperidine rings is 1. The highest BCUT2D eigenvalue weighted by Gasteiger charge is 2.27. The van der Waals surface area contributed by atoms with Crippen LogP contribution < -0.4 is 10.1 Å². The molecule has 1 N–H and O–H groups in total. The van der Waals surface area contributed by atoms with Crippen LogP contribution in [0.15, 0.2) is 48.5 Å².